The highest BCUT2D eigenvalue weighted by Gasteiger charge is 2.12. The number of H-pyrrole nitrogens is 1. The highest BCUT2D eigenvalue weighted by Crippen LogP contribution is 2.28. The van der Waals surface area contributed by atoms with Crippen LogP contribution in [0.3, 0.4) is 0 Å². The number of aromatic amines is 1. The van der Waals surface area contributed by atoms with Gasteiger partial charge in [-0.2, -0.15) is 0 Å². The Morgan fingerprint density at radius 1 is 1.38 bits per heavy atom. The van der Waals surface area contributed by atoms with E-state index in [9.17, 15) is 0 Å². The molecule has 84 valence electrons. The number of imidazole rings is 1. The molecule has 1 N–H and O–H groups in total. The first kappa shape index (κ1) is 11.4. The predicted octanol–water partition coefficient (Wildman–Crippen LogP) is 3.71. The molecular formula is C13H15BrN2. The fourth-order valence-electron chi connectivity index (χ4n) is 1.87. The van der Waals surface area contributed by atoms with Crippen molar-refractivity contribution < 1.29 is 0 Å². The van der Waals surface area contributed by atoms with Crippen LogP contribution in [0.2, 0.25) is 0 Å². The largest absolute Gasteiger partial charge is 0.349 e. The third-order valence-corrected chi connectivity index (χ3v) is 3.51. The van der Waals surface area contributed by atoms with Crippen molar-refractivity contribution in [2.75, 3.05) is 0 Å². The van der Waals surface area contributed by atoms with Crippen LogP contribution in [0.5, 0.6) is 0 Å². The molecule has 0 radical (unpaired) electrons. The molecule has 1 aromatic carbocycles. The topological polar surface area (TPSA) is 28.7 Å². The van der Waals surface area contributed by atoms with Crippen LogP contribution in [-0.2, 0) is 6.42 Å². The Hall–Kier alpha value is -1.09. The normalized spacial score (nSPS) is 12.7. The lowest BCUT2D eigenvalue weighted by molar-refractivity contribution is 0.870. The van der Waals surface area contributed by atoms with Crippen LogP contribution in [0, 0.1) is 13.8 Å². The van der Waals surface area contributed by atoms with Gasteiger partial charge in [-0.05, 0) is 25.0 Å². The molecule has 0 bridgehead atoms. The van der Waals surface area contributed by atoms with E-state index in [2.05, 4.69) is 57.9 Å². The Morgan fingerprint density at radius 3 is 2.81 bits per heavy atom. The van der Waals surface area contributed by atoms with E-state index in [1.807, 2.05) is 6.20 Å². The molecule has 1 aromatic heterocycles. The van der Waals surface area contributed by atoms with Gasteiger partial charge in [0.15, 0.2) is 0 Å². The Morgan fingerprint density at radius 2 is 2.19 bits per heavy atom. The SMILES string of the molecule is Cc1ccc(C(Br)Cc2ncc[nH]2)c(C)c1. The monoisotopic (exact) mass is 278 g/mol. The number of aryl methyl sites for hydroxylation is 2. The Kier molecular flexibility index (Phi) is 3.44. The van der Waals surface area contributed by atoms with Crippen molar-refractivity contribution in [1.82, 2.24) is 9.97 Å². The molecule has 16 heavy (non-hydrogen) atoms. The fourth-order valence-corrected chi connectivity index (χ4v) is 2.69. The average molecular weight is 279 g/mol. The molecular weight excluding hydrogens is 264 g/mol. The highest BCUT2D eigenvalue weighted by atomic mass is 79.9. The lowest BCUT2D eigenvalue weighted by Crippen LogP contribution is -1.99. The zero-order chi connectivity index (χ0) is 11.5. The molecule has 0 saturated heterocycles. The Balaban J connectivity index is 2.17. The molecule has 3 heteroatoms. The van der Waals surface area contributed by atoms with Gasteiger partial charge in [0.25, 0.3) is 0 Å². The summed E-state index contributed by atoms with van der Waals surface area (Å²) in [7, 11) is 0. The minimum absolute atomic E-state index is 0.319. The van der Waals surface area contributed by atoms with Gasteiger partial charge in [0.1, 0.15) is 5.82 Å². The van der Waals surface area contributed by atoms with Gasteiger partial charge >= 0.3 is 0 Å². The number of hydrogen-bond donors (Lipinski definition) is 1. The van der Waals surface area contributed by atoms with Crippen LogP contribution in [-0.4, -0.2) is 9.97 Å². The summed E-state index contributed by atoms with van der Waals surface area (Å²) in [6.07, 6.45) is 4.53. The van der Waals surface area contributed by atoms with E-state index in [4.69, 9.17) is 0 Å². The Labute approximate surface area is 104 Å². The molecule has 0 fully saturated rings. The molecule has 0 spiro atoms. The third-order valence-electron chi connectivity index (χ3n) is 2.69. The number of nitrogens with one attached hydrogen (secondary N) is 1. The maximum atomic E-state index is 4.24. The standard InChI is InChI=1S/C13H15BrN2/c1-9-3-4-11(10(2)7-9)12(14)8-13-15-5-6-16-13/h3-7,12H,8H2,1-2H3,(H,15,16). The van der Waals surface area contributed by atoms with Crippen molar-refractivity contribution in [2.24, 2.45) is 0 Å². The molecule has 1 atom stereocenters. The smallest absolute Gasteiger partial charge is 0.107 e. The van der Waals surface area contributed by atoms with Gasteiger partial charge in [-0.3, -0.25) is 0 Å². The number of benzene rings is 1. The zero-order valence-electron chi connectivity index (χ0n) is 9.50. The third kappa shape index (κ3) is 2.53. The van der Waals surface area contributed by atoms with Crippen LogP contribution < -0.4 is 0 Å². The molecule has 2 rings (SSSR count). The van der Waals surface area contributed by atoms with E-state index >= 15 is 0 Å². The first-order chi connectivity index (χ1) is 7.66. The fraction of sp³-hybridized carbons (Fsp3) is 0.308. The summed E-state index contributed by atoms with van der Waals surface area (Å²) in [5, 5.41) is 0. The van der Waals surface area contributed by atoms with E-state index in [0.29, 0.717) is 4.83 Å². The quantitative estimate of drug-likeness (QED) is 0.852. The number of hydrogen-bond acceptors (Lipinski definition) is 1. The lowest BCUT2D eigenvalue weighted by Gasteiger charge is -2.12. The summed E-state index contributed by atoms with van der Waals surface area (Å²) in [6, 6.07) is 6.55. The van der Waals surface area contributed by atoms with E-state index in [0.717, 1.165) is 12.2 Å². The molecule has 0 saturated carbocycles. The van der Waals surface area contributed by atoms with Crippen molar-refractivity contribution in [3.05, 3.63) is 53.1 Å². The second-order valence-electron chi connectivity index (χ2n) is 4.07. The summed E-state index contributed by atoms with van der Waals surface area (Å²) in [5.74, 6) is 1.02. The van der Waals surface area contributed by atoms with Crippen LogP contribution in [0.25, 0.3) is 0 Å². The number of nitrogens with zero attached hydrogens (tertiary/aromatic N) is 1. The van der Waals surface area contributed by atoms with E-state index in [1.54, 1.807) is 6.20 Å². The van der Waals surface area contributed by atoms with Gasteiger partial charge in [-0.15, -0.1) is 0 Å². The summed E-state index contributed by atoms with van der Waals surface area (Å²) in [4.78, 5) is 7.69. The summed E-state index contributed by atoms with van der Waals surface area (Å²) >= 11 is 3.72. The molecule has 0 aliphatic heterocycles. The zero-order valence-corrected chi connectivity index (χ0v) is 11.1. The molecule has 0 aliphatic carbocycles. The summed E-state index contributed by atoms with van der Waals surface area (Å²) in [5.41, 5.74) is 3.97. The van der Waals surface area contributed by atoms with Crippen molar-refractivity contribution in [3.63, 3.8) is 0 Å². The van der Waals surface area contributed by atoms with Crippen LogP contribution in [0.15, 0.2) is 30.6 Å². The second-order valence-corrected chi connectivity index (χ2v) is 5.17. The van der Waals surface area contributed by atoms with Gasteiger partial charge in [0.2, 0.25) is 0 Å². The summed E-state index contributed by atoms with van der Waals surface area (Å²) < 4.78 is 0. The van der Waals surface area contributed by atoms with Crippen molar-refractivity contribution in [1.29, 1.82) is 0 Å². The first-order valence-electron chi connectivity index (χ1n) is 5.36. The van der Waals surface area contributed by atoms with Crippen LogP contribution >= 0.6 is 15.9 Å². The van der Waals surface area contributed by atoms with Gasteiger partial charge in [0.05, 0.1) is 0 Å². The van der Waals surface area contributed by atoms with Crippen LogP contribution in [0.4, 0.5) is 0 Å². The van der Waals surface area contributed by atoms with Crippen molar-refractivity contribution >= 4 is 15.9 Å². The van der Waals surface area contributed by atoms with E-state index < -0.39 is 0 Å². The van der Waals surface area contributed by atoms with E-state index in [-0.39, 0.29) is 0 Å². The maximum absolute atomic E-state index is 4.24. The van der Waals surface area contributed by atoms with E-state index in [1.165, 1.54) is 16.7 Å². The van der Waals surface area contributed by atoms with Gasteiger partial charge in [-0.1, -0.05) is 39.7 Å². The lowest BCUT2D eigenvalue weighted by atomic mass is 10.0. The van der Waals surface area contributed by atoms with Gasteiger partial charge in [-0.25, -0.2) is 4.98 Å². The summed E-state index contributed by atoms with van der Waals surface area (Å²) in [6.45, 7) is 4.27. The molecule has 1 unspecified atom stereocenters. The number of rotatable bonds is 3. The molecule has 1 heterocycles. The van der Waals surface area contributed by atoms with Crippen molar-refractivity contribution in [2.45, 2.75) is 25.1 Å². The van der Waals surface area contributed by atoms with Crippen molar-refractivity contribution in [3.8, 4) is 0 Å². The minimum atomic E-state index is 0.319. The van der Waals surface area contributed by atoms with Crippen LogP contribution in [0.1, 0.15) is 27.3 Å². The van der Waals surface area contributed by atoms with Gasteiger partial charge in [0, 0.05) is 23.6 Å². The van der Waals surface area contributed by atoms with Gasteiger partial charge < -0.3 is 4.98 Å². The number of halogens is 1. The number of alkyl halides is 1. The maximum Gasteiger partial charge on any atom is 0.107 e. The molecule has 0 aliphatic rings. The molecule has 2 aromatic rings. The minimum Gasteiger partial charge on any atom is -0.349 e. The second kappa shape index (κ2) is 4.83. The first-order valence-corrected chi connectivity index (χ1v) is 6.28. The predicted molar refractivity (Wildman–Crippen MR) is 69.9 cm³/mol. The highest BCUT2D eigenvalue weighted by molar-refractivity contribution is 9.09. The number of aromatic nitrogens is 2. The Bertz CT molecular complexity index is 463. The molecule has 0 amide bonds. The average Bonchev–Trinajstić information content (AvgIpc) is 2.70. The molecule has 2 nitrogen and oxygen atoms in total.